The number of hydrogen-bond acceptors (Lipinski definition) is 5. The van der Waals surface area contributed by atoms with Crippen LogP contribution in [-0.4, -0.2) is 16.7 Å². The molecular weight excluding hydrogens is 326 g/mol. The molecule has 0 saturated carbocycles. The van der Waals surface area contributed by atoms with Crippen LogP contribution in [0.15, 0.2) is 40.9 Å². The van der Waals surface area contributed by atoms with Crippen molar-refractivity contribution < 1.29 is 9.26 Å². The van der Waals surface area contributed by atoms with E-state index in [1.54, 1.807) is 12.1 Å². The summed E-state index contributed by atoms with van der Waals surface area (Å²) < 4.78 is 10.9. The van der Waals surface area contributed by atoms with E-state index in [2.05, 4.69) is 35.3 Å². The third-order valence-electron chi connectivity index (χ3n) is 4.88. The Kier molecular flexibility index (Phi) is 4.18. The van der Waals surface area contributed by atoms with Crippen LogP contribution in [-0.2, 0) is 6.42 Å². The summed E-state index contributed by atoms with van der Waals surface area (Å²) in [6.45, 7) is 4.65. The first-order valence-corrected chi connectivity index (χ1v) is 8.84. The molecule has 0 N–H and O–H groups in total. The molecule has 1 atom stereocenters. The standard InChI is InChI=1S/C21H19N3O2/c1-3-25-19-10-8-14(11-15(19)12-22)21-23-20(24-26-21)18-6-4-5-16-13(2)7-9-17(16)18/h4-6,8,10-11,13H,3,7,9H2,1-2H3/t13-/m1/s1. The van der Waals surface area contributed by atoms with E-state index in [1.807, 2.05) is 19.1 Å². The van der Waals surface area contributed by atoms with Crippen LogP contribution in [0.3, 0.4) is 0 Å². The summed E-state index contributed by atoms with van der Waals surface area (Å²) in [5.74, 6) is 2.13. The zero-order chi connectivity index (χ0) is 18.1. The normalized spacial score (nSPS) is 15.5. The Balaban J connectivity index is 1.71. The highest BCUT2D eigenvalue weighted by atomic mass is 16.5. The topological polar surface area (TPSA) is 71.9 Å². The van der Waals surface area contributed by atoms with Gasteiger partial charge in [0, 0.05) is 11.1 Å². The van der Waals surface area contributed by atoms with Crippen molar-refractivity contribution in [1.82, 2.24) is 10.1 Å². The van der Waals surface area contributed by atoms with Gasteiger partial charge < -0.3 is 9.26 Å². The predicted octanol–water partition coefficient (Wildman–Crippen LogP) is 4.72. The lowest BCUT2D eigenvalue weighted by Gasteiger charge is -2.06. The number of benzene rings is 2. The summed E-state index contributed by atoms with van der Waals surface area (Å²) in [4.78, 5) is 4.58. The highest BCUT2D eigenvalue weighted by Gasteiger charge is 2.23. The number of rotatable bonds is 4. The van der Waals surface area contributed by atoms with Crippen molar-refractivity contribution in [2.24, 2.45) is 0 Å². The van der Waals surface area contributed by atoms with Crippen LogP contribution in [0.4, 0.5) is 0 Å². The Morgan fingerprint density at radius 2 is 2.19 bits per heavy atom. The Labute approximate surface area is 152 Å². The van der Waals surface area contributed by atoms with Crippen LogP contribution >= 0.6 is 0 Å². The first kappa shape index (κ1) is 16.3. The smallest absolute Gasteiger partial charge is 0.258 e. The third-order valence-corrected chi connectivity index (χ3v) is 4.88. The van der Waals surface area contributed by atoms with Gasteiger partial charge in [-0.3, -0.25) is 0 Å². The first-order valence-electron chi connectivity index (χ1n) is 8.84. The van der Waals surface area contributed by atoms with Gasteiger partial charge in [0.25, 0.3) is 5.89 Å². The average Bonchev–Trinajstić information content (AvgIpc) is 3.30. The van der Waals surface area contributed by atoms with Gasteiger partial charge in [-0.2, -0.15) is 10.2 Å². The van der Waals surface area contributed by atoms with E-state index in [1.165, 1.54) is 11.1 Å². The number of hydrogen-bond donors (Lipinski definition) is 0. The Bertz CT molecular complexity index is 1000. The summed E-state index contributed by atoms with van der Waals surface area (Å²) in [6, 6.07) is 13.8. The second-order valence-electron chi connectivity index (χ2n) is 6.49. The second kappa shape index (κ2) is 6.64. The van der Waals surface area contributed by atoms with Crippen LogP contribution in [0.5, 0.6) is 5.75 Å². The molecule has 26 heavy (non-hydrogen) atoms. The van der Waals surface area contributed by atoms with E-state index in [9.17, 15) is 5.26 Å². The Morgan fingerprint density at radius 1 is 1.31 bits per heavy atom. The third kappa shape index (κ3) is 2.74. The van der Waals surface area contributed by atoms with Gasteiger partial charge in [-0.1, -0.05) is 30.3 Å². The van der Waals surface area contributed by atoms with Crippen molar-refractivity contribution in [3.63, 3.8) is 0 Å². The van der Waals surface area contributed by atoms with Crippen LogP contribution < -0.4 is 4.74 Å². The van der Waals surface area contributed by atoms with Crippen molar-refractivity contribution in [2.45, 2.75) is 32.6 Å². The van der Waals surface area contributed by atoms with E-state index >= 15 is 0 Å². The van der Waals surface area contributed by atoms with Crippen molar-refractivity contribution >= 4 is 0 Å². The van der Waals surface area contributed by atoms with E-state index in [0.29, 0.717) is 41.1 Å². The van der Waals surface area contributed by atoms with Gasteiger partial charge in [0.05, 0.1) is 12.2 Å². The molecule has 0 spiro atoms. The van der Waals surface area contributed by atoms with Crippen LogP contribution in [0.1, 0.15) is 42.9 Å². The Morgan fingerprint density at radius 3 is 3.00 bits per heavy atom. The monoisotopic (exact) mass is 345 g/mol. The fraction of sp³-hybridized carbons (Fsp3) is 0.286. The largest absolute Gasteiger partial charge is 0.492 e. The number of ether oxygens (including phenoxy) is 1. The number of aromatic nitrogens is 2. The molecule has 0 unspecified atom stereocenters. The minimum Gasteiger partial charge on any atom is -0.492 e. The molecule has 1 aromatic heterocycles. The second-order valence-corrected chi connectivity index (χ2v) is 6.49. The summed E-state index contributed by atoms with van der Waals surface area (Å²) in [6.07, 6.45) is 2.19. The quantitative estimate of drug-likeness (QED) is 0.684. The zero-order valence-electron chi connectivity index (χ0n) is 14.8. The van der Waals surface area contributed by atoms with Gasteiger partial charge in [-0.25, -0.2) is 0 Å². The van der Waals surface area contributed by atoms with E-state index in [4.69, 9.17) is 9.26 Å². The molecule has 0 radical (unpaired) electrons. The van der Waals surface area contributed by atoms with Gasteiger partial charge >= 0.3 is 0 Å². The molecule has 0 bridgehead atoms. The SMILES string of the molecule is CCOc1ccc(-c2nc(-c3cccc4c3CC[C@H]4C)no2)cc1C#N. The van der Waals surface area contributed by atoms with Gasteiger partial charge in [0.1, 0.15) is 11.8 Å². The van der Waals surface area contributed by atoms with E-state index < -0.39 is 0 Å². The fourth-order valence-corrected chi connectivity index (χ4v) is 3.55. The molecule has 1 aliphatic carbocycles. The summed E-state index contributed by atoms with van der Waals surface area (Å²) in [7, 11) is 0. The predicted molar refractivity (Wildman–Crippen MR) is 97.8 cm³/mol. The molecule has 5 heteroatoms. The highest BCUT2D eigenvalue weighted by Crippen LogP contribution is 2.38. The lowest BCUT2D eigenvalue weighted by Crippen LogP contribution is -1.94. The van der Waals surface area contributed by atoms with Gasteiger partial charge in [0.15, 0.2) is 0 Å². The summed E-state index contributed by atoms with van der Waals surface area (Å²) in [5.41, 5.74) is 4.90. The van der Waals surface area contributed by atoms with Crippen LogP contribution in [0.25, 0.3) is 22.8 Å². The number of nitrogens with zero attached hydrogens (tertiary/aromatic N) is 3. The van der Waals surface area contributed by atoms with Crippen molar-refractivity contribution in [2.75, 3.05) is 6.61 Å². The molecule has 0 fully saturated rings. The molecule has 1 aliphatic rings. The number of nitriles is 1. The van der Waals surface area contributed by atoms with E-state index in [0.717, 1.165) is 18.4 Å². The van der Waals surface area contributed by atoms with Gasteiger partial charge in [0.2, 0.25) is 5.82 Å². The molecule has 4 rings (SSSR count). The molecule has 0 amide bonds. The van der Waals surface area contributed by atoms with Crippen LogP contribution in [0.2, 0.25) is 0 Å². The minimum atomic E-state index is 0.406. The van der Waals surface area contributed by atoms with Crippen molar-refractivity contribution in [3.05, 3.63) is 53.1 Å². The molecule has 2 aromatic carbocycles. The van der Waals surface area contributed by atoms with Crippen molar-refractivity contribution in [3.8, 4) is 34.7 Å². The van der Waals surface area contributed by atoms with E-state index in [-0.39, 0.29) is 0 Å². The molecule has 0 saturated heterocycles. The molecule has 5 nitrogen and oxygen atoms in total. The average molecular weight is 345 g/mol. The fourth-order valence-electron chi connectivity index (χ4n) is 3.55. The lowest BCUT2D eigenvalue weighted by atomic mass is 9.99. The molecule has 130 valence electrons. The zero-order valence-corrected chi connectivity index (χ0v) is 14.8. The summed E-state index contributed by atoms with van der Waals surface area (Å²) in [5, 5.41) is 13.5. The van der Waals surface area contributed by atoms with Crippen molar-refractivity contribution in [1.29, 1.82) is 5.26 Å². The molecule has 0 aliphatic heterocycles. The maximum absolute atomic E-state index is 9.33. The van der Waals surface area contributed by atoms with Gasteiger partial charge in [-0.05, 0) is 55.0 Å². The first-order chi connectivity index (χ1) is 12.7. The molecule has 1 heterocycles. The lowest BCUT2D eigenvalue weighted by molar-refractivity contribution is 0.339. The molecular formula is C21H19N3O2. The minimum absolute atomic E-state index is 0.406. The molecule has 3 aromatic rings. The van der Waals surface area contributed by atoms with Crippen LogP contribution in [0, 0.1) is 11.3 Å². The van der Waals surface area contributed by atoms with Gasteiger partial charge in [-0.15, -0.1) is 0 Å². The maximum atomic E-state index is 9.33. The summed E-state index contributed by atoms with van der Waals surface area (Å²) >= 11 is 0. The highest BCUT2D eigenvalue weighted by molar-refractivity contribution is 5.67. The maximum Gasteiger partial charge on any atom is 0.258 e. The Hall–Kier alpha value is -3.13. The number of fused-ring (bicyclic) bond motifs is 1.